The molecule has 0 spiro atoms. The molecule has 2 aromatic carbocycles. The van der Waals surface area contributed by atoms with Crippen LogP contribution in [0.2, 0.25) is 0 Å². The van der Waals surface area contributed by atoms with E-state index < -0.39 is 22.0 Å². The Labute approximate surface area is 185 Å². The Kier molecular flexibility index (Phi) is 9.21. The first-order chi connectivity index (χ1) is 14.7. The van der Waals surface area contributed by atoms with Crippen molar-refractivity contribution in [1.82, 2.24) is 14.5 Å². The van der Waals surface area contributed by atoms with Crippen LogP contribution in [-0.4, -0.2) is 54.8 Å². The van der Waals surface area contributed by atoms with Crippen LogP contribution in [0.4, 0.5) is 0 Å². The van der Waals surface area contributed by atoms with Gasteiger partial charge in [-0.15, -0.1) is 0 Å². The molecule has 2 rings (SSSR count). The van der Waals surface area contributed by atoms with Crippen molar-refractivity contribution in [2.24, 2.45) is 0 Å². The van der Waals surface area contributed by atoms with Gasteiger partial charge in [-0.3, -0.25) is 9.59 Å². The molecule has 168 valence electrons. The number of carbonyl (C=O) groups excluding carboxylic acids is 2. The molecule has 2 amide bonds. The van der Waals surface area contributed by atoms with E-state index in [0.717, 1.165) is 28.1 Å². The molecule has 7 nitrogen and oxygen atoms in total. The third-order valence-electron chi connectivity index (χ3n) is 4.89. The molecule has 0 aliphatic carbocycles. The number of rotatable bonds is 11. The van der Waals surface area contributed by atoms with Gasteiger partial charge in [-0.2, -0.15) is 4.31 Å². The summed E-state index contributed by atoms with van der Waals surface area (Å²) in [6.07, 6.45) is 1.87. The number of hydrogen-bond acceptors (Lipinski definition) is 4. The van der Waals surface area contributed by atoms with Gasteiger partial charge in [0.1, 0.15) is 6.04 Å². The van der Waals surface area contributed by atoms with E-state index >= 15 is 0 Å². The smallest absolute Gasteiger partial charge is 0.242 e. The van der Waals surface area contributed by atoms with Gasteiger partial charge in [0.2, 0.25) is 21.8 Å². The first-order valence-corrected chi connectivity index (χ1v) is 12.2. The van der Waals surface area contributed by atoms with E-state index in [9.17, 15) is 18.0 Å². The van der Waals surface area contributed by atoms with Crippen LogP contribution in [-0.2, 0) is 32.7 Å². The lowest BCUT2D eigenvalue weighted by Crippen LogP contribution is -2.51. The second kappa shape index (κ2) is 11.6. The lowest BCUT2D eigenvalue weighted by atomic mass is 10.1. The van der Waals surface area contributed by atoms with Crippen molar-refractivity contribution in [2.75, 3.05) is 19.3 Å². The molecular weight excluding hydrogens is 414 g/mol. The molecule has 31 heavy (non-hydrogen) atoms. The molecule has 0 heterocycles. The summed E-state index contributed by atoms with van der Waals surface area (Å²) in [7, 11) is -3.64. The zero-order valence-corrected chi connectivity index (χ0v) is 19.1. The molecule has 0 aliphatic heterocycles. The van der Waals surface area contributed by atoms with Crippen LogP contribution in [0.25, 0.3) is 0 Å². The molecule has 0 saturated carbocycles. The highest BCUT2D eigenvalue weighted by molar-refractivity contribution is 7.88. The zero-order chi connectivity index (χ0) is 22.9. The fraction of sp³-hybridized carbons (Fsp3) is 0.391. The summed E-state index contributed by atoms with van der Waals surface area (Å²) in [5, 5.41) is 2.81. The maximum atomic E-state index is 13.3. The molecule has 0 aliphatic rings. The topological polar surface area (TPSA) is 86.8 Å². The summed E-state index contributed by atoms with van der Waals surface area (Å²) < 4.78 is 25.9. The Bertz CT molecular complexity index is 949. The van der Waals surface area contributed by atoms with E-state index in [0.29, 0.717) is 6.54 Å². The minimum Gasteiger partial charge on any atom is -0.354 e. The largest absolute Gasteiger partial charge is 0.354 e. The highest BCUT2D eigenvalue weighted by Crippen LogP contribution is 2.13. The van der Waals surface area contributed by atoms with Crippen molar-refractivity contribution in [3.05, 3.63) is 71.8 Å². The monoisotopic (exact) mass is 445 g/mol. The Morgan fingerprint density at radius 1 is 0.935 bits per heavy atom. The van der Waals surface area contributed by atoms with Crippen molar-refractivity contribution in [3.63, 3.8) is 0 Å². The average molecular weight is 446 g/mol. The predicted octanol–water partition coefficient (Wildman–Crippen LogP) is 2.39. The number of hydrogen-bond donors (Lipinski definition) is 1. The van der Waals surface area contributed by atoms with Gasteiger partial charge in [-0.25, -0.2) is 8.42 Å². The van der Waals surface area contributed by atoms with Crippen molar-refractivity contribution < 1.29 is 18.0 Å². The SMILES string of the molecule is CCCNC(=O)[C@H](C)N(Cc1ccccc1)C(=O)CN(Cc1ccccc1)S(C)(=O)=O. The Balaban J connectivity index is 2.25. The molecule has 0 saturated heterocycles. The van der Waals surface area contributed by atoms with Gasteiger partial charge in [0, 0.05) is 19.6 Å². The normalized spacial score (nSPS) is 12.4. The summed E-state index contributed by atoms with van der Waals surface area (Å²) >= 11 is 0. The molecule has 1 atom stereocenters. The van der Waals surface area contributed by atoms with Gasteiger partial charge in [0.25, 0.3) is 0 Å². The van der Waals surface area contributed by atoms with E-state index in [4.69, 9.17) is 0 Å². The molecule has 2 aromatic rings. The minimum absolute atomic E-state index is 0.0843. The number of amides is 2. The summed E-state index contributed by atoms with van der Waals surface area (Å²) in [6.45, 7) is 4.08. The zero-order valence-electron chi connectivity index (χ0n) is 18.3. The van der Waals surface area contributed by atoms with Crippen LogP contribution in [0.5, 0.6) is 0 Å². The Morgan fingerprint density at radius 2 is 1.45 bits per heavy atom. The molecule has 8 heteroatoms. The third-order valence-corrected chi connectivity index (χ3v) is 6.09. The van der Waals surface area contributed by atoms with Crippen LogP contribution in [0.3, 0.4) is 0 Å². The van der Waals surface area contributed by atoms with Gasteiger partial charge in [-0.1, -0.05) is 67.6 Å². The second-order valence-corrected chi connectivity index (χ2v) is 9.47. The third kappa shape index (κ3) is 7.80. The van der Waals surface area contributed by atoms with Gasteiger partial charge in [0.05, 0.1) is 12.8 Å². The van der Waals surface area contributed by atoms with E-state index in [1.807, 2.05) is 67.6 Å². The van der Waals surface area contributed by atoms with Crippen LogP contribution in [0.1, 0.15) is 31.4 Å². The Morgan fingerprint density at radius 3 is 1.94 bits per heavy atom. The van der Waals surface area contributed by atoms with E-state index in [1.165, 1.54) is 4.90 Å². The standard InChI is InChI=1S/C23H31N3O4S/c1-4-15-24-23(28)19(2)26(17-21-13-9-6-10-14-21)22(27)18-25(31(3,29)30)16-20-11-7-5-8-12-20/h5-14,19H,4,15-18H2,1-3H3,(H,24,28)/t19-/m0/s1. The van der Waals surface area contributed by atoms with Crippen molar-refractivity contribution in [1.29, 1.82) is 0 Å². The summed E-state index contributed by atoms with van der Waals surface area (Å²) in [5.74, 6) is -0.690. The molecule has 1 N–H and O–H groups in total. The summed E-state index contributed by atoms with van der Waals surface area (Å²) in [6, 6.07) is 17.7. The molecule has 0 bridgehead atoms. The maximum Gasteiger partial charge on any atom is 0.242 e. The van der Waals surface area contributed by atoms with Gasteiger partial charge in [-0.05, 0) is 24.5 Å². The Hall–Kier alpha value is -2.71. The molecular formula is C23H31N3O4S. The lowest BCUT2D eigenvalue weighted by Gasteiger charge is -2.31. The van der Waals surface area contributed by atoms with Gasteiger partial charge < -0.3 is 10.2 Å². The minimum atomic E-state index is -3.64. The van der Waals surface area contributed by atoms with Crippen LogP contribution in [0.15, 0.2) is 60.7 Å². The highest BCUT2D eigenvalue weighted by atomic mass is 32.2. The number of benzene rings is 2. The second-order valence-electron chi connectivity index (χ2n) is 7.49. The number of nitrogens with one attached hydrogen (secondary N) is 1. The summed E-state index contributed by atoms with van der Waals surface area (Å²) in [5.41, 5.74) is 1.64. The van der Waals surface area contributed by atoms with E-state index in [-0.39, 0.29) is 25.5 Å². The van der Waals surface area contributed by atoms with Crippen molar-refractivity contribution in [2.45, 2.75) is 39.4 Å². The first kappa shape index (κ1) is 24.6. The van der Waals surface area contributed by atoms with Gasteiger partial charge in [0.15, 0.2) is 0 Å². The predicted molar refractivity (Wildman–Crippen MR) is 121 cm³/mol. The van der Waals surface area contributed by atoms with Crippen LogP contribution < -0.4 is 5.32 Å². The molecule has 0 aromatic heterocycles. The van der Waals surface area contributed by atoms with Gasteiger partial charge >= 0.3 is 0 Å². The average Bonchev–Trinajstić information content (AvgIpc) is 2.75. The molecule has 0 fully saturated rings. The maximum absolute atomic E-state index is 13.3. The number of nitrogens with zero attached hydrogens (tertiary/aromatic N) is 2. The number of carbonyl (C=O) groups is 2. The van der Waals surface area contributed by atoms with Crippen molar-refractivity contribution >= 4 is 21.8 Å². The molecule has 0 radical (unpaired) electrons. The summed E-state index contributed by atoms with van der Waals surface area (Å²) in [4.78, 5) is 27.3. The van der Waals surface area contributed by atoms with Crippen LogP contribution >= 0.6 is 0 Å². The quantitative estimate of drug-likeness (QED) is 0.575. The first-order valence-electron chi connectivity index (χ1n) is 10.3. The fourth-order valence-electron chi connectivity index (χ4n) is 3.08. The highest BCUT2D eigenvalue weighted by Gasteiger charge is 2.29. The molecule has 0 unspecified atom stereocenters. The fourth-order valence-corrected chi connectivity index (χ4v) is 3.81. The number of sulfonamides is 1. The van der Waals surface area contributed by atoms with Crippen molar-refractivity contribution in [3.8, 4) is 0 Å². The van der Waals surface area contributed by atoms with Crippen LogP contribution in [0, 0.1) is 0 Å². The lowest BCUT2D eigenvalue weighted by molar-refractivity contribution is -0.140. The van der Waals surface area contributed by atoms with E-state index in [1.54, 1.807) is 6.92 Å². The van der Waals surface area contributed by atoms with E-state index in [2.05, 4.69) is 5.32 Å².